The van der Waals surface area contributed by atoms with Crippen LogP contribution in [0.25, 0.3) is 0 Å². The first-order chi connectivity index (χ1) is 8.06. The summed E-state index contributed by atoms with van der Waals surface area (Å²) in [5.41, 5.74) is 8.46. The summed E-state index contributed by atoms with van der Waals surface area (Å²) in [5, 5.41) is 6.47. The standard InChI is InChI=1S/C12H16N4S/c1-7-4-10(13)5-14-11(7)16-9(3)12-15-8(2)6-17-12/h4-6,9H,13H2,1-3H3,(H,14,16). The number of nitrogens with two attached hydrogens (primary N) is 1. The number of nitrogens with one attached hydrogen (secondary N) is 1. The minimum Gasteiger partial charge on any atom is -0.397 e. The zero-order valence-electron chi connectivity index (χ0n) is 10.2. The maximum atomic E-state index is 5.67. The highest BCUT2D eigenvalue weighted by Crippen LogP contribution is 2.23. The van der Waals surface area contributed by atoms with E-state index in [4.69, 9.17) is 5.73 Å². The monoisotopic (exact) mass is 248 g/mol. The lowest BCUT2D eigenvalue weighted by Gasteiger charge is -2.14. The van der Waals surface area contributed by atoms with Gasteiger partial charge in [0.25, 0.3) is 0 Å². The third-order valence-corrected chi connectivity index (χ3v) is 3.61. The summed E-state index contributed by atoms with van der Waals surface area (Å²) < 4.78 is 0. The van der Waals surface area contributed by atoms with Crippen LogP contribution < -0.4 is 11.1 Å². The van der Waals surface area contributed by atoms with E-state index in [-0.39, 0.29) is 6.04 Å². The summed E-state index contributed by atoms with van der Waals surface area (Å²) in [7, 11) is 0. The van der Waals surface area contributed by atoms with Crippen molar-refractivity contribution >= 4 is 22.8 Å². The van der Waals surface area contributed by atoms with E-state index in [1.54, 1.807) is 17.5 Å². The van der Waals surface area contributed by atoms with Crippen molar-refractivity contribution in [1.82, 2.24) is 9.97 Å². The van der Waals surface area contributed by atoms with E-state index in [1.807, 2.05) is 19.9 Å². The van der Waals surface area contributed by atoms with Crippen molar-refractivity contribution < 1.29 is 0 Å². The zero-order valence-corrected chi connectivity index (χ0v) is 11.0. The smallest absolute Gasteiger partial charge is 0.129 e. The van der Waals surface area contributed by atoms with E-state index in [0.29, 0.717) is 5.69 Å². The fourth-order valence-corrected chi connectivity index (χ4v) is 2.39. The number of nitrogens with zero attached hydrogens (tertiary/aromatic N) is 2. The molecule has 2 rings (SSSR count). The number of rotatable bonds is 3. The van der Waals surface area contributed by atoms with E-state index in [1.165, 1.54) is 0 Å². The van der Waals surface area contributed by atoms with Gasteiger partial charge in [-0.05, 0) is 32.4 Å². The first-order valence-corrected chi connectivity index (χ1v) is 6.35. The lowest BCUT2D eigenvalue weighted by molar-refractivity contribution is 0.853. The number of hydrogen-bond donors (Lipinski definition) is 2. The molecule has 0 aliphatic rings. The molecule has 0 amide bonds. The number of thiazole rings is 1. The highest BCUT2D eigenvalue weighted by Gasteiger charge is 2.11. The van der Waals surface area contributed by atoms with Crippen molar-refractivity contribution in [2.45, 2.75) is 26.8 Å². The van der Waals surface area contributed by atoms with Crippen LogP contribution in [0.3, 0.4) is 0 Å². The molecule has 1 atom stereocenters. The van der Waals surface area contributed by atoms with Gasteiger partial charge in [-0.25, -0.2) is 9.97 Å². The van der Waals surface area contributed by atoms with Gasteiger partial charge >= 0.3 is 0 Å². The average molecular weight is 248 g/mol. The fraction of sp³-hybridized carbons (Fsp3) is 0.333. The second-order valence-corrected chi connectivity index (χ2v) is 5.02. The minimum absolute atomic E-state index is 0.156. The van der Waals surface area contributed by atoms with Gasteiger partial charge < -0.3 is 11.1 Å². The van der Waals surface area contributed by atoms with Gasteiger partial charge in [-0.2, -0.15) is 0 Å². The van der Waals surface area contributed by atoms with E-state index >= 15 is 0 Å². The lowest BCUT2D eigenvalue weighted by atomic mass is 10.2. The van der Waals surface area contributed by atoms with Crippen LogP contribution in [0.15, 0.2) is 17.6 Å². The van der Waals surface area contributed by atoms with Gasteiger partial charge in [0.05, 0.1) is 17.9 Å². The highest BCUT2D eigenvalue weighted by molar-refractivity contribution is 7.09. The molecule has 5 heteroatoms. The number of anilines is 2. The topological polar surface area (TPSA) is 63.8 Å². The molecule has 0 fully saturated rings. The third-order valence-electron chi connectivity index (χ3n) is 2.46. The number of pyridine rings is 1. The maximum absolute atomic E-state index is 5.67. The van der Waals surface area contributed by atoms with E-state index in [9.17, 15) is 0 Å². The zero-order chi connectivity index (χ0) is 12.4. The lowest BCUT2D eigenvalue weighted by Crippen LogP contribution is -2.09. The average Bonchev–Trinajstić information content (AvgIpc) is 2.69. The molecule has 0 aliphatic heterocycles. The largest absolute Gasteiger partial charge is 0.397 e. The Hall–Kier alpha value is -1.62. The molecule has 3 N–H and O–H groups in total. The summed E-state index contributed by atoms with van der Waals surface area (Å²) in [5.74, 6) is 0.861. The molecule has 0 bridgehead atoms. The van der Waals surface area contributed by atoms with Crippen molar-refractivity contribution in [3.63, 3.8) is 0 Å². The molecule has 2 aromatic heterocycles. The number of nitrogen functional groups attached to an aromatic ring is 1. The van der Waals surface area contributed by atoms with Gasteiger partial charge in [-0.1, -0.05) is 0 Å². The molecule has 0 aromatic carbocycles. The third kappa shape index (κ3) is 2.74. The summed E-state index contributed by atoms with van der Waals surface area (Å²) in [6.07, 6.45) is 1.66. The Morgan fingerprint density at radius 1 is 1.41 bits per heavy atom. The van der Waals surface area contributed by atoms with Crippen molar-refractivity contribution in [3.05, 3.63) is 33.9 Å². The van der Waals surface area contributed by atoms with Crippen LogP contribution >= 0.6 is 11.3 Å². The molecule has 0 radical (unpaired) electrons. The molecule has 90 valence electrons. The summed E-state index contributed by atoms with van der Waals surface area (Å²) >= 11 is 1.66. The van der Waals surface area contributed by atoms with Crippen LogP contribution in [0.1, 0.15) is 29.2 Å². The van der Waals surface area contributed by atoms with Crippen LogP contribution in [-0.2, 0) is 0 Å². The van der Waals surface area contributed by atoms with Gasteiger partial charge in [0.2, 0.25) is 0 Å². The molecular formula is C12H16N4S. The Kier molecular flexibility index (Phi) is 3.28. The van der Waals surface area contributed by atoms with Gasteiger partial charge in [0.15, 0.2) is 0 Å². The Labute approximate surface area is 105 Å². The molecule has 0 spiro atoms. The minimum atomic E-state index is 0.156. The Bertz CT molecular complexity index is 521. The summed E-state index contributed by atoms with van der Waals surface area (Å²) in [6, 6.07) is 2.07. The fourth-order valence-electron chi connectivity index (χ4n) is 1.59. The van der Waals surface area contributed by atoms with Crippen molar-refractivity contribution in [1.29, 1.82) is 0 Å². The maximum Gasteiger partial charge on any atom is 0.129 e. The van der Waals surface area contributed by atoms with Gasteiger partial charge in [0.1, 0.15) is 10.8 Å². The molecule has 0 saturated carbocycles. The summed E-state index contributed by atoms with van der Waals surface area (Å²) in [4.78, 5) is 8.75. The predicted molar refractivity (Wildman–Crippen MR) is 72.3 cm³/mol. The molecular weight excluding hydrogens is 232 g/mol. The SMILES string of the molecule is Cc1csc(C(C)Nc2ncc(N)cc2C)n1. The van der Waals surface area contributed by atoms with Crippen LogP contribution in [0.4, 0.5) is 11.5 Å². The molecule has 2 heterocycles. The number of aromatic nitrogens is 2. The van der Waals surface area contributed by atoms with Crippen LogP contribution in [-0.4, -0.2) is 9.97 Å². The molecule has 4 nitrogen and oxygen atoms in total. The van der Waals surface area contributed by atoms with Crippen LogP contribution in [0.2, 0.25) is 0 Å². The summed E-state index contributed by atoms with van der Waals surface area (Å²) in [6.45, 7) is 6.07. The Morgan fingerprint density at radius 2 is 2.18 bits per heavy atom. The van der Waals surface area contributed by atoms with E-state index in [0.717, 1.165) is 22.1 Å². The molecule has 1 unspecified atom stereocenters. The predicted octanol–water partition coefficient (Wildman–Crippen LogP) is 2.91. The molecule has 2 aromatic rings. The number of hydrogen-bond acceptors (Lipinski definition) is 5. The highest BCUT2D eigenvalue weighted by atomic mass is 32.1. The number of aryl methyl sites for hydroxylation is 2. The second kappa shape index (κ2) is 4.71. The van der Waals surface area contributed by atoms with Crippen molar-refractivity contribution in [3.8, 4) is 0 Å². The van der Waals surface area contributed by atoms with E-state index < -0.39 is 0 Å². The van der Waals surface area contributed by atoms with Gasteiger partial charge in [0, 0.05) is 11.1 Å². The normalized spacial score (nSPS) is 12.4. The first kappa shape index (κ1) is 11.9. The van der Waals surface area contributed by atoms with Crippen LogP contribution in [0.5, 0.6) is 0 Å². The van der Waals surface area contributed by atoms with E-state index in [2.05, 4.69) is 27.6 Å². The van der Waals surface area contributed by atoms with Gasteiger partial charge in [-0.15, -0.1) is 11.3 Å². The van der Waals surface area contributed by atoms with Crippen molar-refractivity contribution in [2.24, 2.45) is 0 Å². The second-order valence-electron chi connectivity index (χ2n) is 4.13. The molecule has 0 aliphatic carbocycles. The van der Waals surface area contributed by atoms with Crippen LogP contribution in [0, 0.1) is 13.8 Å². The Morgan fingerprint density at radius 3 is 2.76 bits per heavy atom. The Balaban J connectivity index is 2.15. The molecule has 17 heavy (non-hydrogen) atoms. The molecule has 0 saturated heterocycles. The van der Waals surface area contributed by atoms with Crippen molar-refractivity contribution in [2.75, 3.05) is 11.1 Å². The quantitative estimate of drug-likeness (QED) is 0.876. The van der Waals surface area contributed by atoms with Gasteiger partial charge in [-0.3, -0.25) is 0 Å². The first-order valence-electron chi connectivity index (χ1n) is 5.47.